The van der Waals surface area contributed by atoms with Crippen LogP contribution in [-0.2, 0) is 22.1 Å². The lowest BCUT2D eigenvalue weighted by Gasteiger charge is -2.15. The summed E-state index contributed by atoms with van der Waals surface area (Å²) in [5, 5.41) is 3.48. The predicted molar refractivity (Wildman–Crippen MR) is 103 cm³/mol. The summed E-state index contributed by atoms with van der Waals surface area (Å²) in [5.41, 5.74) is 2.26. The van der Waals surface area contributed by atoms with Crippen LogP contribution in [0.5, 0.6) is 0 Å². The van der Waals surface area contributed by atoms with Crippen molar-refractivity contribution < 1.29 is 13.2 Å². The van der Waals surface area contributed by atoms with Crippen LogP contribution in [0.3, 0.4) is 0 Å². The Morgan fingerprint density at radius 3 is 2.73 bits per heavy atom. The molecule has 0 spiro atoms. The number of fused-ring (bicyclic) bond motifs is 3. The zero-order valence-corrected chi connectivity index (χ0v) is 15.9. The topological polar surface area (TPSA) is 63.2 Å². The number of sulfone groups is 1. The van der Waals surface area contributed by atoms with Crippen molar-refractivity contribution in [1.82, 2.24) is 5.32 Å². The Morgan fingerprint density at radius 2 is 1.92 bits per heavy atom. The lowest BCUT2D eigenvalue weighted by Crippen LogP contribution is -2.21. The molecule has 1 N–H and O–H groups in total. The maximum Gasteiger partial charge on any atom is 0.261 e. The van der Waals surface area contributed by atoms with Crippen LogP contribution < -0.4 is 5.32 Å². The molecule has 0 fully saturated rings. The number of hydrogen-bond donors (Lipinski definition) is 1. The summed E-state index contributed by atoms with van der Waals surface area (Å²) in [6, 6.07) is 15.9. The molecule has 4 rings (SSSR count). The Bertz CT molecular complexity index is 1120. The number of halogens is 1. The van der Waals surface area contributed by atoms with Crippen LogP contribution in [0.1, 0.15) is 20.8 Å². The van der Waals surface area contributed by atoms with E-state index in [-0.39, 0.29) is 11.7 Å². The largest absolute Gasteiger partial charge is 0.347 e. The van der Waals surface area contributed by atoms with Crippen LogP contribution in [0.15, 0.2) is 59.5 Å². The molecule has 1 aliphatic rings. The Hall–Kier alpha value is -2.15. The van der Waals surface area contributed by atoms with E-state index in [1.807, 2.05) is 18.2 Å². The summed E-state index contributed by atoms with van der Waals surface area (Å²) < 4.78 is 24.9. The molecule has 0 radical (unpaired) electrons. The highest BCUT2D eigenvalue weighted by atomic mass is 35.5. The minimum Gasteiger partial charge on any atom is -0.347 e. The molecule has 2 heterocycles. The first kappa shape index (κ1) is 17.3. The van der Waals surface area contributed by atoms with E-state index in [0.29, 0.717) is 32.5 Å². The van der Waals surface area contributed by atoms with Crippen LogP contribution in [0.4, 0.5) is 0 Å². The molecule has 132 valence electrons. The SMILES string of the molecule is O=C(NCc1cccc(Cl)c1)c1cc2c(s1)-c1ccccc1S(=O)(=O)C2. The first-order chi connectivity index (χ1) is 12.4. The highest BCUT2D eigenvalue weighted by Gasteiger charge is 2.30. The van der Waals surface area contributed by atoms with Crippen LogP contribution in [0, 0.1) is 0 Å². The van der Waals surface area contributed by atoms with Gasteiger partial charge in [0.1, 0.15) is 0 Å². The number of amides is 1. The smallest absolute Gasteiger partial charge is 0.261 e. The number of hydrogen-bond acceptors (Lipinski definition) is 4. The Balaban J connectivity index is 1.61. The molecular formula is C19H14ClNO3S2. The molecule has 2 aromatic carbocycles. The van der Waals surface area contributed by atoms with Crippen molar-refractivity contribution in [1.29, 1.82) is 0 Å². The summed E-state index contributed by atoms with van der Waals surface area (Å²) >= 11 is 7.28. The number of rotatable bonds is 3. The first-order valence-corrected chi connectivity index (χ1v) is 10.8. The van der Waals surface area contributed by atoms with Crippen LogP contribution >= 0.6 is 22.9 Å². The van der Waals surface area contributed by atoms with Gasteiger partial charge in [0.05, 0.1) is 15.5 Å². The lowest BCUT2D eigenvalue weighted by atomic mass is 10.1. The monoisotopic (exact) mass is 403 g/mol. The van der Waals surface area contributed by atoms with Gasteiger partial charge in [0, 0.05) is 22.0 Å². The van der Waals surface area contributed by atoms with Gasteiger partial charge in [0.25, 0.3) is 5.91 Å². The summed E-state index contributed by atoms with van der Waals surface area (Å²) in [7, 11) is -3.37. The van der Waals surface area contributed by atoms with Crippen molar-refractivity contribution >= 4 is 38.7 Å². The average molecular weight is 404 g/mol. The van der Waals surface area contributed by atoms with E-state index in [0.717, 1.165) is 10.4 Å². The molecule has 1 amide bonds. The highest BCUT2D eigenvalue weighted by Crippen LogP contribution is 2.42. The van der Waals surface area contributed by atoms with E-state index in [1.165, 1.54) is 11.3 Å². The maximum atomic E-state index is 12.5. The van der Waals surface area contributed by atoms with E-state index in [4.69, 9.17) is 11.6 Å². The van der Waals surface area contributed by atoms with Gasteiger partial charge in [-0.25, -0.2) is 8.42 Å². The van der Waals surface area contributed by atoms with Gasteiger partial charge >= 0.3 is 0 Å². The van der Waals surface area contributed by atoms with Crippen molar-refractivity contribution in [2.45, 2.75) is 17.2 Å². The third-order valence-electron chi connectivity index (χ3n) is 4.19. The standard InChI is InChI=1S/C19H14ClNO3S2/c20-14-5-3-4-12(8-14)10-21-19(22)16-9-13-11-26(23,24)17-7-2-1-6-15(17)18(13)25-16/h1-9H,10-11H2,(H,21,22). The van der Waals surface area contributed by atoms with Crippen molar-refractivity contribution in [3.8, 4) is 10.4 Å². The Morgan fingerprint density at radius 1 is 1.12 bits per heavy atom. The van der Waals surface area contributed by atoms with E-state index < -0.39 is 9.84 Å². The molecule has 1 aliphatic heterocycles. The Labute approximate surface area is 160 Å². The molecule has 0 saturated heterocycles. The molecule has 0 unspecified atom stereocenters. The summed E-state index contributed by atoms with van der Waals surface area (Å²) in [4.78, 5) is 14.2. The Kier molecular flexibility index (Phi) is 4.34. The minimum absolute atomic E-state index is 0.0720. The summed E-state index contributed by atoms with van der Waals surface area (Å²) in [6.07, 6.45) is 0. The number of carbonyl (C=O) groups excluding carboxylic acids is 1. The normalized spacial score (nSPS) is 14.3. The van der Waals surface area contributed by atoms with Crippen molar-refractivity contribution in [3.05, 3.63) is 75.6 Å². The van der Waals surface area contributed by atoms with Crippen LogP contribution in [0.2, 0.25) is 5.02 Å². The van der Waals surface area contributed by atoms with Crippen molar-refractivity contribution in [2.75, 3.05) is 0 Å². The highest BCUT2D eigenvalue weighted by molar-refractivity contribution is 7.91. The van der Waals surface area contributed by atoms with Crippen LogP contribution in [0.25, 0.3) is 10.4 Å². The zero-order valence-electron chi connectivity index (χ0n) is 13.5. The second-order valence-electron chi connectivity index (χ2n) is 6.03. The third-order valence-corrected chi connectivity index (χ3v) is 7.35. The van der Waals surface area contributed by atoms with Gasteiger partial charge in [-0.3, -0.25) is 4.79 Å². The molecule has 3 aromatic rings. The van der Waals surface area contributed by atoms with E-state index in [9.17, 15) is 13.2 Å². The van der Waals surface area contributed by atoms with Gasteiger partial charge in [0.15, 0.2) is 9.84 Å². The van der Waals surface area contributed by atoms with Crippen molar-refractivity contribution in [2.24, 2.45) is 0 Å². The number of nitrogens with one attached hydrogen (secondary N) is 1. The summed E-state index contributed by atoms with van der Waals surface area (Å²) in [5.74, 6) is -0.295. The fraction of sp³-hybridized carbons (Fsp3) is 0.105. The quantitative estimate of drug-likeness (QED) is 0.709. The predicted octanol–water partition coefficient (Wildman–Crippen LogP) is 4.29. The molecule has 0 saturated carbocycles. The second-order valence-corrected chi connectivity index (χ2v) is 9.48. The molecule has 26 heavy (non-hydrogen) atoms. The number of carbonyl (C=O) groups is 1. The van der Waals surface area contributed by atoms with Crippen molar-refractivity contribution in [3.63, 3.8) is 0 Å². The zero-order chi connectivity index (χ0) is 18.3. The van der Waals surface area contributed by atoms with E-state index >= 15 is 0 Å². The maximum absolute atomic E-state index is 12.5. The average Bonchev–Trinajstić information content (AvgIpc) is 3.03. The van der Waals surface area contributed by atoms with Crippen LogP contribution in [-0.4, -0.2) is 14.3 Å². The molecule has 0 bridgehead atoms. The van der Waals surface area contributed by atoms with E-state index in [2.05, 4.69) is 5.32 Å². The molecule has 0 aliphatic carbocycles. The molecule has 4 nitrogen and oxygen atoms in total. The van der Waals surface area contributed by atoms with Gasteiger partial charge in [0.2, 0.25) is 0 Å². The fourth-order valence-corrected chi connectivity index (χ4v) is 6.09. The number of thiophene rings is 1. The molecule has 0 atom stereocenters. The molecule has 7 heteroatoms. The van der Waals surface area contributed by atoms with Gasteiger partial charge in [-0.15, -0.1) is 11.3 Å². The summed E-state index contributed by atoms with van der Waals surface area (Å²) in [6.45, 7) is 0.358. The first-order valence-electron chi connectivity index (χ1n) is 7.91. The fourth-order valence-electron chi connectivity index (χ4n) is 3.00. The molecule has 1 aromatic heterocycles. The third kappa shape index (κ3) is 3.16. The lowest BCUT2D eigenvalue weighted by molar-refractivity contribution is 0.0955. The minimum atomic E-state index is -3.37. The molecular weight excluding hydrogens is 390 g/mol. The van der Waals surface area contributed by atoms with Gasteiger partial charge < -0.3 is 5.32 Å². The van der Waals surface area contributed by atoms with Gasteiger partial charge in [-0.1, -0.05) is 41.9 Å². The van der Waals surface area contributed by atoms with E-state index in [1.54, 1.807) is 36.4 Å². The second kappa shape index (κ2) is 6.54. The number of benzene rings is 2. The van der Waals surface area contributed by atoms with Gasteiger partial charge in [-0.05, 0) is 35.4 Å². The van der Waals surface area contributed by atoms with Gasteiger partial charge in [-0.2, -0.15) is 0 Å².